The molecular weight excluding hydrogens is 450 g/mol. The molecule has 0 fully saturated rings. The van der Waals surface area contributed by atoms with Gasteiger partial charge < -0.3 is 14.6 Å². The van der Waals surface area contributed by atoms with Crippen LogP contribution in [0.4, 0.5) is 0 Å². The van der Waals surface area contributed by atoms with Crippen molar-refractivity contribution < 1.29 is 19.4 Å². The van der Waals surface area contributed by atoms with E-state index in [1.165, 1.54) is 0 Å². The second-order valence-corrected chi connectivity index (χ2v) is 8.24. The summed E-state index contributed by atoms with van der Waals surface area (Å²) in [4.78, 5) is 17.8. The molecule has 1 heterocycles. The molecule has 1 amide bonds. The molecule has 2 aromatic rings. The summed E-state index contributed by atoms with van der Waals surface area (Å²) in [5, 5.41) is 10.5. The van der Waals surface area contributed by atoms with Crippen LogP contribution in [0.25, 0.3) is 0 Å². The highest BCUT2D eigenvalue weighted by Gasteiger charge is 2.44. The standard InChI is InChI=1S/C22H26BrN3O4/c1-26(2)25-21(28)22(14-16-4-8-18(23)9-5-16)15-30-20(24-22)17-6-10-19(11-7-17)29-13-3-12-27/h4-11,27H,3,12-15H2,1-2H3,(H,25,28)/t22-/m0/s1. The van der Waals surface area contributed by atoms with Crippen LogP contribution < -0.4 is 10.2 Å². The van der Waals surface area contributed by atoms with Crippen LogP contribution in [-0.4, -0.2) is 61.4 Å². The number of hydrogen-bond acceptors (Lipinski definition) is 6. The van der Waals surface area contributed by atoms with Crippen molar-refractivity contribution in [2.24, 2.45) is 4.99 Å². The van der Waals surface area contributed by atoms with Gasteiger partial charge in [-0.15, -0.1) is 0 Å². The maximum absolute atomic E-state index is 13.0. The van der Waals surface area contributed by atoms with Crippen molar-refractivity contribution in [1.82, 2.24) is 10.4 Å². The monoisotopic (exact) mass is 475 g/mol. The molecule has 7 nitrogen and oxygen atoms in total. The molecule has 0 aromatic heterocycles. The Hall–Kier alpha value is -2.42. The van der Waals surface area contributed by atoms with Gasteiger partial charge in [0.15, 0.2) is 5.54 Å². The first-order valence-corrected chi connectivity index (χ1v) is 10.5. The van der Waals surface area contributed by atoms with Crippen molar-refractivity contribution in [2.45, 2.75) is 18.4 Å². The SMILES string of the molecule is CN(C)NC(=O)[C@]1(Cc2ccc(Br)cc2)COC(c2ccc(OCCCO)cc2)=N1. The Bertz CT molecular complexity index is 884. The van der Waals surface area contributed by atoms with E-state index in [1.807, 2.05) is 48.5 Å². The molecular formula is C22H26BrN3O4. The van der Waals surface area contributed by atoms with Crippen molar-refractivity contribution in [2.75, 3.05) is 33.9 Å². The molecule has 1 aliphatic rings. The molecule has 160 valence electrons. The summed E-state index contributed by atoms with van der Waals surface area (Å²) in [6.07, 6.45) is 1.00. The van der Waals surface area contributed by atoms with Crippen LogP contribution in [0.3, 0.4) is 0 Å². The Morgan fingerprint density at radius 2 is 1.93 bits per heavy atom. The number of hydrogen-bond donors (Lipinski definition) is 2. The van der Waals surface area contributed by atoms with Crippen LogP contribution in [0.15, 0.2) is 58.0 Å². The molecule has 0 saturated carbocycles. The van der Waals surface area contributed by atoms with Crippen molar-refractivity contribution >= 4 is 27.7 Å². The maximum Gasteiger partial charge on any atom is 0.266 e. The Labute approximate surface area is 184 Å². The fourth-order valence-electron chi connectivity index (χ4n) is 3.08. The lowest BCUT2D eigenvalue weighted by atomic mass is 9.91. The third kappa shape index (κ3) is 5.59. The molecule has 0 radical (unpaired) electrons. The maximum atomic E-state index is 13.0. The summed E-state index contributed by atoms with van der Waals surface area (Å²) in [5.41, 5.74) is 3.54. The van der Waals surface area contributed by atoms with Crippen molar-refractivity contribution in [3.8, 4) is 5.75 Å². The van der Waals surface area contributed by atoms with Gasteiger partial charge in [0.1, 0.15) is 12.4 Å². The largest absolute Gasteiger partial charge is 0.494 e. The summed E-state index contributed by atoms with van der Waals surface area (Å²) >= 11 is 3.44. The number of aliphatic imine (C=N–C) groups is 1. The number of benzene rings is 2. The molecule has 0 saturated heterocycles. The summed E-state index contributed by atoms with van der Waals surface area (Å²) in [7, 11) is 3.53. The number of aliphatic hydroxyl groups is 1. The van der Waals surface area contributed by atoms with E-state index in [2.05, 4.69) is 21.4 Å². The Morgan fingerprint density at radius 1 is 1.23 bits per heavy atom. The van der Waals surface area contributed by atoms with Gasteiger partial charge in [0.05, 0.1) is 6.61 Å². The molecule has 3 rings (SSSR count). The minimum Gasteiger partial charge on any atom is -0.494 e. The molecule has 1 atom stereocenters. The van der Waals surface area contributed by atoms with E-state index >= 15 is 0 Å². The molecule has 2 aromatic carbocycles. The lowest BCUT2D eigenvalue weighted by Gasteiger charge is -2.25. The molecule has 0 unspecified atom stereocenters. The highest BCUT2D eigenvalue weighted by atomic mass is 79.9. The van der Waals surface area contributed by atoms with Gasteiger partial charge in [-0.3, -0.25) is 10.2 Å². The van der Waals surface area contributed by atoms with E-state index in [1.54, 1.807) is 19.1 Å². The van der Waals surface area contributed by atoms with Crippen LogP contribution in [0.5, 0.6) is 5.75 Å². The summed E-state index contributed by atoms with van der Waals surface area (Å²) in [6, 6.07) is 15.2. The van der Waals surface area contributed by atoms with E-state index < -0.39 is 5.54 Å². The Balaban J connectivity index is 1.83. The zero-order chi connectivity index (χ0) is 21.6. The van der Waals surface area contributed by atoms with Crippen LogP contribution >= 0.6 is 15.9 Å². The number of carbonyl (C=O) groups excluding carboxylic acids is 1. The number of aliphatic hydroxyl groups excluding tert-OH is 1. The van der Waals surface area contributed by atoms with Gasteiger partial charge in [0.25, 0.3) is 5.91 Å². The van der Waals surface area contributed by atoms with Gasteiger partial charge in [0, 0.05) is 43.6 Å². The topological polar surface area (TPSA) is 83.4 Å². The van der Waals surface area contributed by atoms with Crippen molar-refractivity contribution in [3.63, 3.8) is 0 Å². The van der Waals surface area contributed by atoms with Crippen molar-refractivity contribution in [3.05, 3.63) is 64.1 Å². The Kier molecular flexibility index (Phi) is 7.47. The number of ether oxygens (including phenoxy) is 2. The highest BCUT2D eigenvalue weighted by molar-refractivity contribution is 9.10. The van der Waals surface area contributed by atoms with E-state index in [9.17, 15) is 4.79 Å². The minimum atomic E-state index is -1.05. The second kappa shape index (κ2) is 10.1. The minimum absolute atomic E-state index is 0.0954. The number of carbonyl (C=O) groups is 1. The summed E-state index contributed by atoms with van der Waals surface area (Å²) < 4.78 is 12.4. The third-order valence-electron chi connectivity index (χ3n) is 4.59. The molecule has 2 N–H and O–H groups in total. The van der Waals surface area contributed by atoms with Crippen LogP contribution in [-0.2, 0) is 16.0 Å². The van der Waals surface area contributed by atoms with Crippen molar-refractivity contribution in [1.29, 1.82) is 0 Å². The second-order valence-electron chi connectivity index (χ2n) is 7.33. The van der Waals surface area contributed by atoms with Gasteiger partial charge in [-0.25, -0.2) is 10.0 Å². The fourth-order valence-corrected chi connectivity index (χ4v) is 3.34. The number of nitrogens with zero attached hydrogens (tertiary/aromatic N) is 2. The first-order chi connectivity index (χ1) is 14.4. The zero-order valence-electron chi connectivity index (χ0n) is 17.1. The normalized spacial score (nSPS) is 18.1. The van der Waals surface area contributed by atoms with Crippen LogP contribution in [0, 0.1) is 0 Å². The molecule has 0 bridgehead atoms. The predicted octanol–water partition coefficient (Wildman–Crippen LogP) is 2.56. The van der Waals surface area contributed by atoms with Gasteiger partial charge in [-0.2, -0.15) is 0 Å². The molecule has 30 heavy (non-hydrogen) atoms. The summed E-state index contributed by atoms with van der Waals surface area (Å²) in [5.74, 6) is 0.926. The fraction of sp³-hybridized carbons (Fsp3) is 0.364. The molecule has 0 spiro atoms. The highest BCUT2D eigenvalue weighted by Crippen LogP contribution is 2.28. The number of nitrogens with one attached hydrogen (secondary N) is 1. The number of amides is 1. The first kappa shape index (κ1) is 22.3. The van der Waals surface area contributed by atoms with E-state index in [0.29, 0.717) is 31.1 Å². The van der Waals surface area contributed by atoms with Gasteiger partial charge >= 0.3 is 0 Å². The van der Waals surface area contributed by atoms with Crippen LogP contribution in [0.2, 0.25) is 0 Å². The number of hydrazine groups is 1. The lowest BCUT2D eigenvalue weighted by Crippen LogP contribution is -2.52. The lowest BCUT2D eigenvalue weighted by molar-refractivity contribution is -0.130. The third-order valence-corrected chi connectivity index (χ3v) is 5.12. The van der Waals surface area contributed by atoms with E-state index in [0.717, 1.165) is 15.6 Å². The molecule has 8 heteroatoms. The number of halogens is 1. The number of rotatable bonds is 9. The summed E-state index contributed by atoms with van der Waals surface area (Å²) in [6.45, 7) is 0.708. The van der Waals surface area contributed by atoms with E-state index in [4.69, 9.17) is 19.6 Å². The van der Waals surface area contributed by atoms with Gasteiger partial charge in [-0.05, 0) is 42.0 Å². The van der Waals surface area contributed by atoms with E-state index in [-0.39, 0.29) is 19.1 Å². The quantitative estimate of drug-likeness (QED) is 0.430. The van der Waals surface area contributed by atoms with Crippen LogP contribution in [0.1, 0.15) is 17.5 Å². The zero-order valence-corrected chi connectivity index (χ0v) is 18.7. The molecule has 1 aliphatic heterocycles. The average Bonchev–Trinajstić information content (AvgIpc) is 3.15. The predicted molar refractivity (Wildman–Crippen MR) is 119 cm³/mol. The average molecular weight is 476 g/mol. The molecule has 0 aliphatic carbocycles. The first-order valence-electron chi connectivity index (χ1n) is 9.71. The van der Waals surface area contributed by atoms with Gasteiger partial charge in [0.2, 0.25) is 5.90 Å². The Morgan fingerprint density at radius 3 is 2.57 bits per heavy atom. The smallest absolute Gasteiger partial charge is 0.266 e. The van der Waals surface area contributed by atoms with Gasteiger partial charge in [-0.1, -0.05) is 28.1 Å².